The fraction of sp³-hybridized carbons (Fsp3) is 0.190. The summed E-state index contributed by atoms with van der Waals surface area (Å²) in [6.45, 7) is 2.03. The topological polar surface area (TPSA) is 101 Å². The fourth-order valence-electron chi connectivity index (χ4n) is 3.32. The van der Waals surface area contributed by atoms with Crippen molar-refractivity contribution in [2.24, 2.45) is 0 Å². The molecule has 1 fully saturated rings. The second-order valence-electron chi connectivity index (χ2n) is 6.93. The van der Waals surface area contributed by atoms with Crippen molar-refractivity contribution in [1.29, 1.82) is 0 Å². The maximum absolute atomic E-state index is 12.4. The van der Waals surface area contributed by atoms with Gasteiger partial charge in [0.25, 0.3) is 11.6 Å². The first-order valence-corrected chi connectivity index (χ1v) is 9.83. The zero-order chi connectivity index (χ0) is 21.1. The van der Waals surface area contributed by atoms with Crippen LogP contribution in [0.5, 0.6) is 0 Å². The molecule has 4 rings (SSSR count). The Morgan fingerprint density at radius 1 is 1.03 bits per heavy atom. The van der Waals surface area contributed by atoms with E-state index >= 15 is 0 Å². The lowest BCUT2D eigenvalue weighted by atomic mass is 10.1. The number of hydrogen-bond acceptors (Lipinski definition) is 6. The monoisotopic (exact) mass is 423 g/mol. The molecule has 8 nitrogen and oxygen atoms in total. The van der Waals surface area contributed by atoms with E-state index in [1.54, 1.807) is 12.1 Å². The smallest absolute Gasteiger partial charge is 0.288 e. The number of carbonyl (C=O) groups excluding carboxylic acids is 1. The molecule has 2 aromatic carbocycles. The van der Waals surface area contributed by atoms with E-state index in [9.17, 15) is 14.9 Å². The molecule has 0 aliphatic carbocycles. The summed E-state index contributed by atoms with van der Waals surface area (Å²) in [5, 5.41) is 22.3. The van der Waals surface area contributed by atoms with Crippen LogP contribution < -0.4 is 10.2 Å². The fourth-order valence-corrected chi connectivity index (χ4v) is 3.50. The maximum Gasteiger partial charge on any atom is 0.288 e. The molecule has 3 aromatic rings. The Morgan fingerprint density at radius 2 is 1.77 bits per heavy atom. The molecule has 1 aliphatic heterocycles. The minimum absolute atomic E-state index is 0.0160. The molecule has 0 bridgehead atoms. The van der Waals surface area contributed by atoms with Crippen LogP contribution in [-0.4, -0.2) is 34.1 Å². The number of nitrogens with zero attached hydrogens (tertiary/aromatic N) is 4. The largest absolute Gasteiger partial charge is 0.355 e. The Hall–Kier alpha value is -3.52. The number of hydrogen-bond donors (Lipinski definition) is 1. The summed E-state index contributed by atoms with van der Waals surface area (Å²) in [5.41, 5.74) is 2.01. The van der Waals surface area contributed by atoms with E-state index < -0.39 is 10.8 Å². The number of halogens is 1. The average Bonchev–Trinajstić information content (AvgIpc) is 3.29. The molecule has 0 saturated carbocycles. The standard InChI is InChI=1S/C21H18ClN5O3/c22-17-8-5-15(13-19(17)27(29)30)21(28)23-16-6-3-14(4-7-16)18-9-10-20(25-24-18)26-11-1-2-12-26/h3-10,13H,1-2,11-12H2,(H,23,28). The van der Waals surface area contributed by atoms with Crippen LogP contribution in [0.3, 0.4) is 0 Å². The molecule has 2 heterocycles. The molecule has 0 spiro atoms. The van der Waals surface area contributed by atoms with E-state index in [-0.39, 0.29) is 16.3 Å². The van der Waals surface area contributed by atoms with Crippen LogP contribution in [0.25, 0.3) is 11.3 Å². The summed E-state index contributed by atoms with van der Waals surface area (Å²) in [6.07, 6.45) is 2.36. The number of nitro benzene ring substituents is 1. The normalized spacial score (nSPS) is 13.3. The molecule has 1 aliphatic rings. The lowest BCUT2D eigenvalue weighted by Gasteiger charge is -2.15. The van der Waals surface area contributed by atoms with Gasteiger partial charge in [-0.1, -0.05) is 23.7 Å². The van der Waals surface area contributed by atoms with Gasteiger partial charge in [0.15, 0.2) is 5.82 Å². The number of nitro groups is 1. The van der Waals surface area contributed by atoms with E-state index in [2.05, 4.69) is 20.4 Å². The number of nitrogens with one attached hydrogen (secondary N) is 1. The highest BCUT2D eigenvalue weighted by molar-refractivity contribution is 6.32. The van der Waals surface area contributed by atoms with Crippen LogP contribution in [0, 0.1) is 10.1 Å². The van der Waals surface area contributed by atoms with Gasteiger partial charge >= 0.3 is 0 Å². The Kier molecular flexibility index (Phi) is 5.58. The summed E-state index contributed by atoms with van der Waals surface area (Å²) < 4.78 is 0. The Bertz CT molecular complexity index is 1080. The third-order valence-electron chi connectivity index (χ3n) is 4.92. The maximum atomic E-state index is 12.4. The van der Waals surface area contributed by atoms with Gasteiger partial charge in [-0.15, -0.1) is 10.2 Å². The zero-order valence-electron chi connectivity index (χ0n) is 15.9. The summed E-state index contributed by atoms with van der Waals surface area (Å²) in [4.78, 5) is 25.0. The Labute approximate surface area is 177 Å². The molecule has 30 heavy (non-hydrogen) atoms. The van der Waals surface area contributed by atoms with E-state index in [4.69, 9.17) is 11.6 Å². The van der Waals surface area contributed by atoms with Crippen LogP contribution in [-0.2, 0) is 0 Å². The molecule has 152 valence electrons. The number of amides is 1. The molecule has 1 saturated heterocycles. The second kappa shape index (κ2) is 8.46. The predicted octanol–water partition coefficient (Wildman–Crippen LogP) is 4.56. The van der Waals surface area contributed by atoms with Crippen LogP contribution in [0.2, 0.25) is 5.02 Å². The third-order valence-corrected chi connectivity index (χ3v) is 5.24. The average molecular weight is 424 g/mol. The lowest BCUT2D eigenvalue weighted by molar-refractivity contribution is -0.384. The van der Waals surface area contributed by atoms with Crippen molar-refractivity contribution in [2.45, 2.75) is 12.8 Å². The Morgan fingerprint density at radius 3 is 2.40 bits per heavy atom. The summed E-state index contributed by atoms with van der Waals surface area (Å²) >= 11 is 5.79. The molecule has 0 atom stereocenters. The van der Waals surface area contributed by atoms with Gasteiger partial charge < -0.3 is 10.2 Å². The number of rotatable bonds is 5. The first-order valence-electron chi connectivity index (χ1n) is 9.46. The molecular formula is C21H18ClN5O3. The Balaban J connectivity index is 1.45. The first-order chi connectivity index (χ1) is 14.5. The third kappa shape index (κ3) is 4.23. The molecular weight excluding hydrogens is 406 g/mol. The quantitative estimate of drug-likeness (QED) is 0.477. The van der Waals surface area contributed by atoms with Crippen LogP contribution >= 0.6 is 11.6 Å². The highest BCUT2D eigenvalue weighted by atomic mass is 35.5. The molecule has 1 amide bonds. The van der Waals surface area contributed by atoms with Gasteiger partial charge in [0.05, 0.1) is 10.6 Å². The van der Waals surface area contributed by atoms with E-state index in [1.165, 1.54) is 25.0 Å². The van der Waals surface area contributed by atoms with E-state index in [1.807, 2.05) is 24.3 Å². The SMILES string of the molecule is O=C(Nc1ccc(-c2ccc(N3CCCC3)nn2)cc1)c1ccc(Cl)c([N+](=O)[O-])c1. The molecule has 0 radical (unpaired) electrons. The molecule has 1 aromatic heterocycles. The van der Waals surface area contributed by atoms with Gasteiger partial charge in [-0.2, -0.15) is 0 Å². The molecule has 0 unspecified atom stereocenters. The summed E-state index contributed by atoms with van der Waals surface area (Å²) in [5.74, 6) is 0.425. The second-order valence-corrected chi connectivity index (χ2v) is 7.33. The van der Waals surface area contributed by atoms with Crippen molar-refractivity contribution in [3.05, 3.63) is 75.3 Å². The van der Waals surface area contributed by atoms with Crippen molar-refractivity contribution in [1.82, 2.24) is 10.2 Å². The van der Waals surface area contributed by atoms with Crippen molar-refractivity contribution in [3.63, 3.8) is 0 Å². The summed E-state index contributed by atoms with van der Waals surface area (Å²) in [7, 11) is 0. The van der Waals surface area contributed by atoms with E-state index in [0.717, 1.165) is 36.2 Å². The molecule has 1 N–H and O–H groups in total. The predicted molar refractivity (Wildman–Crippen MR) is 115 cm³/mol. The van der Waals surface area contributed by atoms with Gasteiger partial charge in [-0.3, -0.25) is 14.9 Å². The van der Waals surface area contributed by atoms with Gasteiger partial charge in [0.1, 0.15) is 5.02 Å². The van der Waals surface area contributed by atoms with Crippen LogP contribution in [0.4, 0.5) is 17.2 Å². The highest BCUT2D eigenvalue weighted by Crippen LogP contribution is 2.26. The number of aromatic nitrogens is 2. The van der Waals surface area contributed by atoms with Gasteiger partial charge in [0.2, 0.25) is 0 Å². The number of anilines is 2. The highest BCUT2D eigenvalue weighted by Gasteiger charge is 2.17. The van der Waals surface area contributed by atoms with Gasteiger partial charge in [-0.05, 0) is 49.2 Å². The zero-order valence-corrected chi connectivity index (χ0v) is 16.7. The molecule has 9 heteroatoms. The van der Waals surface area contributed by atoms with Gasteiger partial charge in [0, 0.05) is 36.0 Å². The first kappa shape index (κ1) is 19.8. The van der Waals surface area contributed by atoms with Crippen molar-refractivity contribution < 1.29 is 9.72 Å². The van der Waals surface area contributed by atoms with Crippen molar-refractivity contribution in [3.8, 4) is 11.3 Å². The lowest BCUT2D eigenvalue weighted by Crippen LogP contribution is -2.19. The van der Waals surface area contributed by atoms with Gasteiger partial charge in [-0.25, -0.2) is 0 Å². The van der Waals surface area contributed by atoms with Crippen molar-refractivity contribution >= 4 is 34.7 Å². The minimum Gasteiger partial charge on any atom is -0.355 e. The number of benzene rings is 2. The van der Waals surface area contributed by atoms with Crippen LogP contribution in [0.15, 0.2) is 54.6 Å². The van der Waals surface area contributed by atoms with Crippen molar-refractivity contribution in [2.75, 3.05) is 23.3 Å². The van der Waals surface area contributed by atoms with E-state index in [0.29, 0.717) is 5.69 Å². The number of carbonyl (C=O) groups is 1. The minimum atomic E-state index is -0.621. The summed E-state index contributed by atoms with van der Waals surface area (Å²) in [6, 6.07) is 15.0. The van der Waals surface area contributed by atoms with Crippen LogP contribution in [0.1, 0.15) is 23.2 Å².